The molecule has 0 aliphatic heterocycles. The van der Waals surface area contributed by atoms with Gasteiger partial charge in [-0.1, -0.05) is 39.8 Å². The summed E-state index contributed by atoms with van der Waals surface area (Å²) in [6, 6.07) is 6.85. The molecule has 0 atom stereocenters. The molecular formula is C17H27FN2. The van der Waals surface area contributed by atoms with Gasteiger partial charge in [0.05, 0.1) is 11.2 Å². The smallest absolute Gasteiger partial charge is 0.146 e. The first-order chi connectivity index (χ1) is 9.17. The fourth-order valence-corrected chi connectivity index (χ4v) is 4.45. The summed E-state index contributed by atoms with van der Waals surface area (Å²) in [4.78, 5) is 0. The van der Waals surface area contributed by atoms with Crippen LogP contribution in [-0.2, 0) is 0 Å². The molecule has 3 N–H and O–H groups in total. The second-order valence-electron chi connectivity index (χ2n) is 7.95. The van der Waals surface area contributed by atoms with E-state index in [2.05, 4.69) is 33.0 Å². The second kappa shape index (κ2) is 5.03. The monoisotopic (exact) mass is 278 g/mol. The van der Waals surface area contributed by atoms with Crippen molar-refractivity contribution in [2.24, 2.45) is 16.6 Å². The van der Waals surface area contributed by atoms with E-state index < -0.39 is 0 Å². The van der Waals surface area contributed by atoms with Crippen molar-refractivity contribution in [3.63, 3.8) is 0 Å². The molecule has 0 saturated heterocycles. The summed E-state index contributed by atoms with van der Waals surface area (Å²) in [6.45, 7) is 9.64. The zero-order valence-corrected chi connectivity index (χ0v) is 13.1. The molecule has 112 valence electrons. The molecule has 1 aromatic rings. The van der Waals surface area contributed by atoms with E-state index >= 15 is 0 Å². The molecule has 0 radical (unpaired) electrons. The van der Waals surface area contributed by atoms with Crippen molar-refractivity contribution in [3.05, 3.63) is 30.1 Å². The predicted molar refractivity (Wildman–Crippen MR) is 83.2 cm³/mol. The largest absolute Gasteiger partial charge is 0.376 e. The fourth-order valence-electron chi connectivity index (χ4n) is 4.45. The number of anilines is 1. The minimum atomic E-state index is -0.229. The van der Waals surface area contributed by atoms with Crippen LogP contribution in [0.1, 0.15) is 47.0 Å². The summed E-state index contributed by atoms with van der Waals surface area (Å²) in [5, 5.41) is 3.42. The molecule has 0 bridgehead atoms. The number of para-hydroxylation sites is 1. The Balaban J connectivity index is 2.31. The van der Waals surface area contributed by atoms with Crippen LogP contribution >= 0.6 is 0 Å². The van der Waals surface area contributed by atoms with E-state index in [9.17, 15) is 4.39 Å². The lowest BCUT2D eigenvalue weighted by Gasteiger charge is -2.52. The number of hydrogen-bond donors (Lipinski definition) is 2. The summed E-state index contributed by atoms with van der Waals surface area (Å²) in [5.41, 5.74) is 6.84. The van der Waals surface area contributed by atoms with E-state index in [0.717, 1.165) is 12.8 Å². The van der Waals surface area contributed by atoms with Crippen LogP contribution in [0.2, 0.25) is 0 Å². The van der Waals surface area contributed by atoms with E-state index in [1.165, 1.54) is 12.5 Å². The number of rotatable bonds is 3. The van der Waals surface area contributed by atoms with Gasteiger partial charge in [-0.05, 0) is 42.2 Å². The number of benzene rings is 1. The molecule has 1 aliphatic rings. The summed E-state index contributed by atoms with van der Waals surface area (Å²) in [6.07, 6.45) is 3.10. The fraction of sp³-hybridized carbons (Fsp3) is 0.647. The third kappa shape index (κ3) is 3.32. The molecule has 1 aromatic carbocycles. The van der Waals surface area contributed by atoms with Crippen molar-refractivity contribution in [1.29, 1.82) is 0 Å². The Morgan fingerprint density at radius 3 is 2.10 bits per heavy atom. The molecule has 0 amide bonds. The number of nitrogens with one attached hydrogen (secondary N) is 1. The summed E-state index contributed by atoms with van der Waals surface area (Å²) in [5.74, 6) is -0.207. The molecule has 1 saturated carbocycles. The predicted octanol–water partition coefficient (Wildman–Crippen LogP) is 4.17. The minimum Gasteiger partial charge on any atom is -0.376 e. The Kier molecular flexibility index (Phi) is 3.85. The maximum Gasteiger partial charge on any atom is 0.146 e. The number of halogens is 1. The summed E-state index contributed by atoms with van der Waals surface area (Å²) >= 11 is 0. The molecule has 2 rings (SSSR count). The molecule has 1 fully saturated rings. The minimum absolute atomic E-state index is 0.207. The summed E-state index contributed by atoms with van der Waals surface area (Å²) in [7, 11) is 0. The average molecular weight is 278 g/mol. The van der Waals surface area contributed by atoms with E-state index in [1.807, 2.05) is 6.07 Å². The summed E-state index contributed by atoms with van der Waals surface area (Å²) < 4.78 is 13.9. The van der Waals surface area contributed by atoms with Gasteiger partial charge in [-0.2, -0.15) is 0 Å². The highest BCUT2D eigenvalue weighted by Crippen LogP contribution is 2.50. The van der Waals surface area contributed by atoms with Crippen LogP contribution in [0.4, 0.5) is 10.1 Å². The Morgan fingerprint density at radius 2 is 1.60 bits per heavy atom. The lowest BCUT2D eigenvalue weighted by Crippen LogP contribution is -2.55. The standard InChI is InChI=1S/C17H27FN2/c1-15(2)9-16(3,4)11-17(10-15,12-19)20-14-8-6-5-7-13(14)18/h5-8,20H,9-12,19H2,1-4H3. The van der Waals surface area contributed by atoms with E-state index in [0.29, 0.717) is 12.2 Å². The molecule has 3 heteroatoms. The van der Waals surface area contributed by atoms with Crippen molar-refractivity contribution in [3.8, 4) is 0 Å². The highest BCUT2D eigenvalue weighted by molar-refractivity contribution is 5.47. The Hall–Kier alpha value is -1.09. The average Bonchev–Trinajstić information content (AvgIpc) is 2.28. The van der Waals surface area contributed by atoms with Crippen LogP contribution in [-0.4, -0.2) is 12.1 Å². The van der Waals surface area contributed by atoms with Gasteiger partial charge in [-0.25, -0.2) is 4.39 Å². The quantitative estimate of drug-likeness (QED) is 0.870. The van der Waals surface area contributed by atoms with Crippen LogP contribution in [0.3, 0.4) is 0 Å². The molecule has 20 heavy (non-hydrogen) atoms. The number of hydrogen-bond acceptors (Lipinski definition) is 2. The molecule has 0 unspecified atom stereocenters. The first-order valence-corrected chi connectivity index (χ1v) is 7.40. The Morgan fingerprint density at radius 1 is 1.05 bits per heavy atom. The first-order valence-electron chi connectivity index (χ1n) is 7.40. The molecule has 0 aromatic heterocycles. The highest BCUT2D eigenvalue weighted by atomic mass is 19.1. The zero-order valence-electron chi connectivity index (χ0n) is 13.1. The SMILES string of the molecule is CC1(C)CC(C)(C)CC(CN)(Nc2ccccc2F)C1. The second-order valence-corrected chi connectivity index (χ2v) is 7.95. The lowest BCUT2D eigenvalue weighted by molar-refractivity contribution is 0.0621. The van der Waals surface area contributed by atoms with Crippen molar-refractivity contribution >= 4 is 5.69 Å². The van der Waals surface area contributed by atoms with Crippen molar-refractivity contribution in [2.75, 3.05) is 11.9 Å². The van der Waals surface area contributed by atoms with E-state index in [4.69, 9.17) is 5.73 Å². The van der Waals surface area contributed by atoms with Gasteiger partial charge in [-0.15, -0.1) is 0 Å². The molecule has 1 aliphatic carbocycles. The van der Waals surface area contributed by atoms with Gasteiger partial charge in [0.15, 0.2) is 0 Å². The van der Waals surface area contributed by atoms with Gasteiger partial charge in [-0.3, -0.25) is 0 Å². The van der Waals surface area contributed by atoms with Crippen molar-refractivity contribution < 1.29 is 4.39 Å². The van der Waals surface area contributed by atoms with Gasteiger partial charge in [0.2, 0.25) is 0 Å². The van der Waals surface area contributed by atoms with Gasteiger partial charge >= 0.3 is 0 Å². The van der Waals surface area contributed by atoms with Crippen LogP contribution in [0.25, 0.3) is 0 Å². The van der Waals surface area contributed by atoms with Crippen LogP contribution in [0, 0.1) is 16.6 Å². The van der Waals surface area contributed by atoms with Gasteiger partial charge in [0, 0.05) is 6.54 Å². The normalized spacial score (nSPS) is 23.3. The topological polar surface area (TPSA) is 38.0 Å². The maximum atomic E-state index is 13.9. The van der Waals surface area contributed by atoms with Crippen molar-refractivity contribution in [2.45, 2.75) is 52.5 Å². The molecular weight excluding hydrogens is 251 g/mol. The number of nitrogens with two attached hydrogens (primary N) is 1. The van der Waals surface area contributed by atoms with Gasteiger partial charge in [0.25, 0.3) is 0 Å². The third-order valence-corrected chi connectivity index (χ3v) is 4.26. The van der Waals surface area contributed by atoms with Crippen LogP contribution < -0.4 is 11.1 Å². The molecule has 0 heterocycles. The Labute approximate surface area is 121 Å². The van der Waals surface area contributed by atoms with Crippen LogP contribution in [0.5, 0.6) is 0 Å². The van der Waals surface area contributed by atoms with Crippen LogP contribution in [0.15, 0.2) is 24.3 Å². The lowest BCUT2D eigenvalue weighted by atomic mass is 9.58. The first kappa shape index (κ1) is 15.3. The zero-order chi connectivity index (χ0) is 15.0. The molecule has 2 nitrogen and oxygen atoms in total. The Bertz CT molecular complexity index is 464. The third-order valence-electron chi connectivity index (χ3n) is 4.26. The van der Waals surface area contributed by atoms with E-state index in [1.54, 1.807) is 12.1 Å². The van der Waals surface area contributed by atoms with Gasteiger partial charge < -0.3 is 11.1 Å². The van der Waals surface area contributed by atoms with E-state index in [-0.39, 0.29) is 22.2 Å². The maximum absolute atomic E-state index is 13.9. The highest BCUT2D eigenvalue weighted by Gasteiger charge is 2.46. The van der Waals surface area contributed by atoms with Gasteiger partial charge in [0.1, 0.15) is 5.82 Å². The van der Waals surface area contributed by atoms with Crippen molar-refractivity contribution in [1.82, 2.24) is 0 Å². The molecule has 0 spiro atoms.